The second-order valence-electron chi connectivity index (χ2n) is 6.35. The van der Waals surface area contributed by atoms with Crippen molar-refractivity contribution >= 4 is 22.6 Å². The van der Waals surface area contributed by atoms with Crippen LogP contribution in [0.5, 0.6) is 0 Å². The van der Waals surface area contributed by atoms with Crippen LogP contribution in [0.2, 0.25) is 0 Å². The Balaban J connectivity index is 2.29. The number of benzene rings is 1. The molecule has 0 unspecified atom stereocenters. The summed E-state index contributed by atoms with van der Waals surface area (Å²) in [5.41, 5.74) is 3.49. The number of hydrogen-bond donors (Lipinski definition) is 1. The maximum atomic E-state index is 10.0. The second kappa shape index (κ2) is 6.84. The molecule has 0 bridgehead atoms. The van der Waals surface area contributed by atoms with Gasteiger partial charge in [-0.3, -0.25) is 0 Å². The van der Waals surface area contributed by atoms with E-state index in [1.807, 2.05) is 6.92 Å². The summed E-state index contributed by atoms with van der Waals surface area (Å²) in [6.07, 6.45) is -0.330. The lowest BCUT2D eigenvalue weighted by Gasteiger charge is -2.29. The minimum Gasteiger partial charge on any atom is -0.391 e. The van der Waals surface area contributed by atoms with Crippen molar-refractivity contribution in [1.82, 2.24) is 4.90 Å². The van der Waals surface area contributed by atoms with E-state index in [0.29, 0.717) is 5.92 Å². The highest BCUT2D eigenvalue weighted by molar-refractivity contribution is 8.14. The van der Waals surface area contributed by atoms with Gasteiger partial charge in [-0.05, 0) is 38.3 Å². The molecule has 116 valence electrons. The Kier molecular flexibility index (Phi) is 5.33. The van der Waals surface area contributed by atoms with Gasteiger partial charge >= 0.3 is 0 Å². The van der Waals surface area contributed by atoms with E-state index in [9.17, 15) is 5.11 Å². The highest BCUT2D eigenvalue weighted by atomic mass is 32.2. The average molecular weight is 306 g/mol. The normalized spacial score (nSPS) is 22.3. The van der Waals surface area contributed by atoms with Gasteiger partial charge in [0.25, 0.3) is 0 Å². The topological polar surface area (TPSA) is 35.8 Å². The highest BCUT2D eigenvalue weighted by Crippen LogP contribution is 2.30. The molecule has 0 saturated carbocycles. The summed E-state index contributed by atoms with van der Waals surface area (Å²) < 4.78 is 0. The van der Waals surface area contributed by atoms with Crippen LogP contribution in [0.3, 0.4) is 0 Å². The molecule has 1 fully saturated rings. The maximum Gasteiger partial charge on any atom is 0.164 e. The van der Waals surface area contributed by atoms with Crippen molar-refractivity contribution in [1.29, 1.82) is 0 Å². The van der Waals surface area contributed by atoms with Gasteiger partial charge in [-0.2, -0.15) is 0 Å². The lowest BCUT2D eigenvalue weighted by molar-refractivity contribution is 0.111. The molecule has 1 aromatic rings. The molecule has 2 rings (SSSR count). The largest absolute Gasteiger partial charge is 0.391 e. The molecular weight excluding hydrogens is 280 g/mol. The van der Waals surface area contributed by atoms with Crippen LogP contribution in [0.15, 0.2) is 23.2 Å². The number of aliphatic hydroxyl groups is 1. The van der Waals surface area contributed by atoms with E-state index in [4.69, 9.17) is 4.99 Å². The van der Waals surface area contributed by atoms with Crippen molar-refractivity contribution in [2.45, 2.75) is 46.8 Å². The number of rotatable bonds is 4. The highest BCUT2D eigenvalue weighted by Gasteiger charge is 2.33. The van der Waals surface area contributed by atoms with Gasteiger partial charge in [0.15, 0.2) is 5.17 Å². The van der Waals surface area contributed by atoms with Gasteiger partial charge in [-0.1, -0.05) is 43.3 Å². The number of thioether (sulfide) groups is 1. The standard InChI is InChI=1S/C17H26N2OS/c1-11(2)9-19-16(14(5)20)10-21-17(19)18-15-7-6-12(3)8-13(15)4/h6-8,11,14,16,20H,9-10H2,1-5H3/t14-,16-/m1/s1. The molecule has 0 aromatic heterocycles. The van der Waals surface area contributed by atoms with Crippen molar-refractivity contribution in [2.75, 3.05) is 12.3 Å². The van der Waals surface area contributed by atoms with Crippen LogP contribution < -0.4 is 0 Å². The van der Waals surface area contributed by atoms with E-state index < -0.39 is 0 Å². The Morgan fingerprint density at radius 1 is 1.33 bits per heavy atom. The SMILES string of the molecule is Cc1ccc(N=C2SC[C@H]([C@@H](C)O)N2CC(C)C)c(C)c1. The summed E-state index contributed by atoms with van der Waals surface area (Å²) in [6, 6.07) is 6.52. The molecule has 4 heteroatoms. The van der Waals surface area contributed by atoms with Gasteiger partial charge in [0.1, 0.15) is 0 Å². The fourth-order valence-corrected chi connectivity index (χ4v) is 3.93. The summed E-state index contributed by atoms with van der Waals surface area (Å²) in [5.74, 6) is 1.46. The van der Waals surface area contributed by atoms with Crippen molar-refractivity contribution < 1.29 is 5.11 Å². The maximum absolute atomic E-state index is 10.0. The van der Waals surface area contributed by atoms with Crippen LogP contribution in [-0.4, -0.2) is 39.6 Å². The first-order valence-corrected chi connectivity index (χ1v) is 8.60. The van der Waals surface area contributed by atoms with Crippen LogP contribution in [0.4, 0.5) is 5.69 Å². The van der Waals surface area contributed by atoms with Gasteiger partial charge in [-0.25, -0.2) is 4.99 Å². The predicted molar refractivity (Wildman–Crippen MR) is 92.5 cm³/mol. The Bertz CT molecular complexity index is 526. The second-order valence-corrected chi connectivity index (χ2v) is 7.34. The molecule has 21 heavy (non-hydrogen) atoms. The zero-order valence-corrected chi connectivity index (χ0v) is 14.4. The number of nitrogens with zero attached hydrogens (tertiary/aromatic N) is 2. The molecule has 1 aromatic carbocycles. The molecule has 2 atom stereocenters. The zero-order chi connectivity index (χ0) is 15.6. The first-order chi connectivity index (χ1) is 9.88. The predicted octanol–water partition coefficient (Wildman–Crippen LogP) is 3.75. The van der Waals surface area contributed by atoms with Gasteiger partial charge in [-0.15, -0.1) is 0 Å². The van der Waals surface area contributed by atoms with E-state index in [-0.39, 0.29) is 12.1 Å². The summed E-state index contributed by atoms with van der Waals surface area (Å²) in [5, 5.41) is 11.0. The molecule has 0 radical (unpaired) electrons. The molecule has 1 aliphatic rings. The molecule has 1 saturated heterocycles. The average Bonchev–Trinajstić information content (AvgIpc) is 2.75. The molecule has 0 amide bonds. The Morgan fingerprint density at radius 3 is 2.62 bits per heavy atom. The fourth-order valence-electron chi connectivity index (χ4n) is 2.61. The number of aryl methyl sites for hydroxylation is 2. The quantitative estimate of drug-likeness (QED) is 0.920. The lowest BCUT2D eigenvalue weighted by atomic mass is 10.1. The van der Waals surface area contributed by atoms with E-state index in [0.717, 1.165) is 23.2 Å². The summed E-state index contributed by atoms with van der Waals surface area (Å²) in [4.78, 5) is 7.14. The van der Waals surface area contributed by atoms with Crippen LogP contribution in [0.1, 0.15) is 31.9 Å². The third-order valence-electron chi connectivity index (χ3n) is 3.72. The monoisotopic (exact) mass is 306 g/mol. The van der Waals surface area contributed by atoms with Gasteiger partial charge in [0, 0.05) is 12.3 Å². The number of hydrogen-bond acceptors (Lipinski definition) is 3. The van der Waals surface area contributed by atoms with Crippen molar-refractivity contribution in [3.8, 4) is 0 Å². The zero-order valence-electron chi connectivity index (χ0n) is 13.6. The molecule has 3 nitrogen and oxygen atoms in total. The summed E-state index contributed by atoms with van der Waals surface area (Å²) in [6.45, 7) is 11.4. The van der Waals surface area contributed by atoms with Crippen LogP contribution >= 0.6 is 11.8 Å². The van der Waals surface area contributed by atoms with E-state index in [1.54, 1.807) is 11.8 Å². The molecular formula is C17H26N2OS. The smallest absolute Gasteiger partial charge is 0.164 e. The van der Waals surface area contributed by atoms with Gasteiger partial charge in [0.05, 0.1) is 17.8 Å². The fraction of sp³-hybridized carbons (Fsp3) is 0.588. The number of amidine groups is 1. The van der Waals surface area contributed by atoms with Crippen LogP contribution in [-0.2, 0) is 0 Å². The van der Waals surface area contributed by atoms with Gasteiger partial charge < -0.3 is 10.0 Å². The summed E-state index contributed by atoms with van der Waals surface area (Å²) in [7, 11) is 0. The van der Waals surface area contributed by atoms with Crippen molar-refractivity contribution in [2.24, 2.45) is 10.9 Å². The van der Waals surface area contributed by atoms with E-state index in [2.05, 4.69) is 50.8 Å². The Hall–Kier alpha value is -1.00. The van der Waals surface area contributed by atoms with Crippen LogP contribution in [0, 0.1) is 19.8 Å². The van der Waals surface area contributed by atoms with Gasteiger partial charge in [0.2, 0.25) is 0 Å². The molecule has 1 heterocycles. The third-order valence-corrected chi connectivity index (χ3v) is 4.81. The van der Waals surface area contributed by atoms with E-state index in [1.165, 1.54) is 11.1 Å². The number of aliphatic imine (C=N–C) groups is 1. The minimum absolute atomic E-state index is 0.168. The Morgan fingerprint density at radius 2 is 2.05 bits per heavy atom. The molecule has 1 aliphatic heterocycles. The lowest BCUT2D eigenvalue weighted by Crippen LogP contribution is -2.43. The number of aliphatic hydroxyl groups excluding tert-OH is 1. The minimum atomic E-state index is -0.330. The molecule has 0 aliphatic carbocycles. The first-order valence-electron chi connectivity index (χ1n) is 7.62. The van der Waals surface area contributed by atoms with E-state index >= 15 is 0 Å². The third kappa shape index (κ3) is 4.01. The molecule has 1 N–H and O–H groups in total. The van der Waals surface area contributed by atoms with Crippen molar-refractivity contribution in [3.05, 3.63) is 29.3 Å². The molecule has 0 spiro atoms. The first kappa shape index (κ1) is 16.4. The van der Waals surface area contributed by atoms with Crippen LogP contribution in [0.25, 0.3) is 0 Å². The summed E-state index contributed by atoms with van der Waals surface area (Å²) >= 11 is 1.75. The van der Waals surface area contributed by atoms with Crippen molar-refractivity contribution in [3.63, 3.8) is 0 Å². The Labute approximate surface area is 132 Å².